The highest BCUT2D eigenvalue weighted by atomic mass is 16.1. The van der Waals surface area contributed by atoms with E-state index in [2.05, 4.69) is 25.8 Å². The number of carbonyl (C=O) groups is 1. The Morgan fingerprint density at radius 2 is 1.82 bits per heavy atom. The molecular weight excluding hydrogens is 210 g/mol. The Labute approximate surface area is 107 Å². The highest BCUT2D eigenvalue weighted by molar-refractivity contribution is 5.59. The molecule has 0 N–H and O–H groups in total. The topological polar surface area (TPSA) is 20.3 Å². The van der Waals surface area contributed by atoms with Gasteiger partial charge in [0.1, 0.15) is 6.29 Å². The lowest BCUT2D eigenvalue weighted by atomic mass is 9.81. The number of hydrogen-bond acceptors (Lipinski definition) is 2. The van der Waals surface area contributed by atoms with Gasteiger partial charge >= 0.3 is 0 Å². The van der Waals surface area contributed by atoms with Crippen LogP contribution in [0.15, 0.2) is 0 Å². The lowest BCUT2D eigenvalue weighted by molar-refractivity contribution is -0.118. The maximum Gasteiger partial charge on any atom is 0.127 e. The van der Waals surface area contributed by atoms with Crippen molar-refractivity contribution in [2.45, 2.75) is 71.3 Å². The van der Waals surface area contributed by atoms with Gasteiger partial charge in [0.2, 0.25) is 0 Å². The number of nitrogens with zero attached hydrogens (tertiary/aromatic N) is 1. The summed E-state index contributed by atoms with van der Waals surface area (Å²) in [6.07, 6.45) is 11.0. The Morgan fingerprint density at radius 3 is 2.29 bits per heavy atom. The summed E-state index contributed by atoms with van der Waals surface area (Å²) in [7, 11) is 2.18. The van der Waals surface area contributed by atoms with Crippen molar-refractivity contribution in [3.63, 3.8) is 0 Å². The van der Waals surface area contributed by atoms with Gasteiger partial charge in [-0.1, -0.05) is 39.0 Å². The second kappa shape index (κ2) is 7.15. The molecule has 0 bridgehead atoms. The minimum Gasteiger partial charge on any atom is -0.303 e. The number of carbonyl (C=O) groups excluding carboxylic acids is 1. The van der Waals surface area contributed by atoms with Gasteiger partial charge in [0.25, 0.3) is 0 Å². The van der Waals surface area contributed by atoms with E-state index in [1.165, 1.54) is 44.8 Å². The molecule has 100 valence electrons. The average Bonchev–Trinajstić information content (AvgIpc) is 2.55. The van der Waals surface area contributed by atoms with E-state index >= 15 is 0 Å². The fraction of sp³-hybridized carbons (Fsp3) is 0.933. The van der Waals surface area contributed by atoms with E-state index in [-0.39, 0.29) is 5.41 Å². The van der Waals surface area contributed by atoms with E-state index in [1.54, 1.807) is 0 Å². The first-order chi connectivity index (χ1) is 8.13. The second-order valence-electron chi connectivity index (χ2n) is 5.95. The molecule has 0 aliphatic heterocycles. The Balaban J connectivity index is 2.57. The van der Waals surface area contributed by atoms with Gasteiger partial charge in [-0.25, -0.2) is 0 Å². The number of aldehydes is 1. The molecule has 1 saturated carbocycles. The van der Waals surface area contributed by atoms with Crippen molar-refractivity contribution in [3.05, 3.63) is 0 Å². The Bertz CT molecular complexity index is 219. The lowest BCUT2D eigenvalue weighted by Gasteiger charge is -2.34. The molecule has 1 aliphatic carbocycles. The van der Waals surface area contributed by atoms with Gasteiger partial charge in [-0.3, -0.25) is 0 Å². The zero-order chi connectivity index (χ0) is 12.7. The zero-order valence-electron chi connectivity index (χ0n) is 11.9. The summed E-state index contributed by atoms with van der Waals surface area (Å²) in [5.41, 5.74) is -0.0484. The van der Waals surface area contributed by atoms with Crippen LogP contribution in [0.4, 0.5) is 0 Å². The van der Waals surface area contributed by atoms with Gasteiger partial charge in [-0.15, -0.1) is 0 Å². The van der Waals surface area contributed by atoms with Crippen molar-refractivity contribution in [3.8, 4) is 0 Å². The van der Waals surface area contributed by atoms with Crippen molar-refractivity contribution in [2.24, 2.45) is 5.41 Å². The number of hydrogen-bond donors (Lipinski definition) is 0. The van der Waals surface area contributed by atoms with Crippen molar-refractivity contribution in [1.82, 2.24) is 4.90 Å². The quantitative estimate of drug-likeness (QED) is 0.521. The standard InChI is InChI=1S/C15H29NO/c1-4-9-14(2)16(3)12-15(13-17)10-7-5-6-8-11-15/h13-14H,4-12H2,1-3H3. The minimum atomic E-state index is -0.0484. The molecule has 1 aliphatic rings. The summed E-state index contributed by atoms with van der Waals surface area (Å²) in [6.45, 7) is 5.46. The minimum absolute atomic E-state index is 0.0484. The average molecular weight is 239 g/mol. The van der Waals surface area contributed by atoms with Gasteiger partial charge in [-0.2, -0.15) is 0 Å². The molecule has 17 heavy (non-hydrogen) atoms. The molecule has 1 unspecified atom stereocenters. The van der Waals surface area contributed by atoms with E-state index in [1.807, 2.05) is 0 Å². The predicted octanol–water partition coefficient (Wildman–Crippen LogP) is 3.65. The van der Waals surface area contributed by atoms with Gasteiger partial charge < -0.3 is 9.69 Å². The smallest absolute Gasteiger partial charge is 0.127 e. The van der Waals surface area contributed by atoms with Crippen LogP contribution in [0, 0.1) is 5.41 Å². The monoisotopic (exact) mass is 239 g/mol. The maximum atomic E-state index is 11.5. The molecule has 0 heterocycles. The zero-order valence-corrected chi connectivity index (χ0v) is 11.9. The molecule has 2 heteroatoms. The molecule has 1 rings (SSSR count). The van der Waals surface area contributed by atoms with Gasteiger partial charge in [0, 0.05) is 18.0 Å². The van der Waals surface area contributed by atoms with Crippen molar-refractivity contribution < 1.29 is 4.79 Å². The SMILES string of the molecule is CCCC(C)N(C)CC1(C=O)CCCCCC1. The van der Waals surface area contributed by atoms with Gasteiger partial charge in [-0.05, 0) is 33.2 Å². The van der Waals surface area contributed by atoms with Crippen molar-refractivity contribution in [2.75, 3.05) is 13.6 Å². The van der Waals surface area contributed by atoms with Gasteiger partial charge in [0.05, 0.1) is 0 Å². The molecule has 2 nitrogen and oxygen atoms in total. The third kappa shape index (κ3) is 4.42. The first kappa shape index (κ1) is 14.7. The summed E-state index contributed by atoms with van der Waals surface area (Å²) >= 11 is 0. The van der Waals surface area contributed by atoms with Crippen LogP contribution in [0.2, 0.25) is 0 Å². The van der Waals surface area contributed by atoms with E-state index < -0.39 is 0 Å². The van der Waals surface area contributed by atoms with Crippen LogP contribution in [-0.4, -0.2) is 30.8 Å². The summed E-state index contributed by atoms with van der Waals surface area (Å²) in [5.74, 6) is 0. The van der Waals surface area contributed by atoms with Crippen LogP contribution >= 0.6 is 0 Å². The highest BCUT2D eigenvalue weighted by Gasteiger charge is 2.32. The van der Waals surface area contributed by atoms with E-state index in [4.69, 9.17) is 0 Å². The Hall–Kier alpha value is -0.370. The molecule has 0 spiro atoms. The highest BCUT2D eigenvalue weighted by Crippen LogP contribution is 2.34. The van der Waals surface area contributed by atoms with Crippen LogP contribution < -0.4 is 0 Å². The molecular formula is C15H29NO. The lowest BCUT2D eigenvalue weighted by Crippen LogP contribution is -2.41. The molecule has 0 amide bonds. The van der Waals surface area contributed by atoms with Crippen molar-refractivity contribution in [1.29, 1.82) is 0 Å². The molecule has 0 saturated heterocycles. The third-order valence-electron chi connectivity index (χ3n) is 4.37. The number of rotatable bonds is 6. The Morgan fingerprint density at radius 1 is 1.24 bits per heavy atom. The van der Waals surface area contributed by atoms with E-state index in [0.29, 0.717) is 6.04 Å². The molecule has 1 atom stereocenters. The van der Waals surface area contributed by atoms with E-state index in [9.17, 15) is 4.79 Å². The van der Waals surface area contributed by atoms with Crippen LogP contribution in [-0.2, 0) is 4.79 Å². The first-order valence-electron chi connectivity index (χ1n) is 7.30. The normalized spacial score (nSPS) is 22.1. The molecule has 0 aromatic carbocycles. The van der Waals surface area contributed by atoms with Crippen LogP contribution in [0.1, 0.15) is 65.2 Å². The molecule has 0 aromatic rings. The van der Waals surface area contributed by atoms with Crippen molar-refractivity contribution >= 4 is 6.29 Å². The maximum absolute atomic E-state index is 11.5. The van der Waals surface area contributed by atoms with Crippen LogP contribution in [0.25, 0.3) is 0 Å². The molecule has 0 radical (unpaired) electrons. The summed E-state index contributed by atoms with van der Waals surface area (Å²) in [5, 5.41) is 0. The fourth-order valence-corrected chi connectivity index (χ4v) is 3.04. The van der Waals surface area contributed by atoms with Crippen LogP contribution in [0.5, 0.6) is 0 Å². The Kier molecular flexibility index (Phi) is 6.18. The van der Waals surface area contributed by atoms with Gasteiger partial charge in [0.15, 0.2) is 0 Å². The largest absolute Gasteiger partial charge is 0.303 e. The van der Waals surface area contributed by atoms with E-state index in [0.717, 1.165) is 19.4 Å². The second-order valence-corrected chi connectivity index (χ2v) is 5.95. The van der Waals surface area contributed by atoms with Crippen LogP contribution in [0.3, 0.4) is 0 Å². The predicted molar refractivity (Wildman–Crippen MR) is 73.2 cm³/mol. The molecule has 0 aromatic heterocycles. The summed E-state index contributed by atoms with van der Waals surface area (Å²) < 4.78 is 0. The first-order valence-corrected chi connectivity index (χ1v) is 7.30. The third-order valence-corrected chi connectivity index (χ3v) is 4.37. The molecule has 1 fully saturated rings. The fourth-order valence-electron chi connectivity index (χ4n) is 3.04. The summed E-state index contributed by atoms with van der Waals surface area (Å²) in [6, 6.07) is 0.597. The summed E-state index contributed by atoms with van der Waals surface area (Å²) in [4.78, 5) is 13.9.